The third-order valence-corrected chi connectivity index (χ3v) is 5.78. The van der Waals surface area contributed by atoms with Crippen LogP contribution in [0.25, 0.3) is 16.7 Å². The van der Waals surface area contributed by atoms with E-state index in [0.717, 1.165) is 73.1 Å². The Labute approximate surface area is 184 Å². The van der Waals surface area contributed by atoms with Crippen LogP contribution in [0, 0.1) is 12.8 Å². The van der Waals surface area contributed by atoms with Gasteiger partial charge in [0.2, 0.25) is 5.91 Å². The summed E-state index contributed by atoms with van der Waals surface area (Å²) in [4.78, 5) is 26.7. The van der Waals surface area contributed by atoms with Gasteiger partial charge in [-0.05, 0) is 31.4 Å². The lowest BCUT2D eigenvalue weighted by Crippen LogP contribution is -2.36. The zero-order valence-electron chi connectivity index (χ0n) is 19.0. The summed E-state index contributed by atoms with van der Waals surface area (Å²) in [7, 11) is 0. The SMILES string of the molecule is CCc1nc(N2CCCN(C(=O)CC(C)C)CC2)c2c(C)nn(-c3ccccc3)c2n1. The summed E-state index contributed by atoms with van der Waals surface area (Å²) in [5.74, 6) is 2.40. The van der Waals surface area contributed by atoms with Crippen LogP contribution in [0.4, 0.5) is 5.82 Å². The third-order valence-electron chi connectivity index (χ3n) is 5.78. The van der Waals surface area contributed by atoms with Crippen LogP contribution in [0.15, 0.2) is 30.3 Å². The first-order valence-corrected chi connectivity index (χ1v) is 11.3. The Hall–Kier alpha value is -2.96. The summed E-state index contributed by atoms with van der Waals surface area (Å²) in [6.45, 7) is 11.5. The molecule has 1 fully saturated rings. The van der Waals surface area contributed by atoms with Crippen molar-refractivity contribution < 1.29 is 4.79 Å². The molecule has 1 aromatic carbocycles. The van der Waals surface area contributed by atoms with Gasteiger partial charge in [-0.3, -0.25) is 4.79 Å². The number of carbonyl (C=O) groups is 1. The molecule has 1 aliphatic rings. The van der Waals surface area contributed by atoms with Crippen molar-refractivity contribution in [2.24, 2.45) is 5.92 Å². The van der Waals surface area contributed by atoms with E-state index in [1.54, 1.807) is 0 Å². The molecule has 1 aliphatic heterocycles. The highest BCUT2D eigenvalue weighted by molar-refractivity contribution is 5.91. The molecule has 0 aliphatic carbocycles. The van der Waals surface area contributed by atoms with Crippen molar-refractivity contribution in [3.05, 3.63) is 41.9 Å². The van der Waals surface area contributed by atoms with Gasteiger partial charge in [-0.1, -0.05) is 39.0 Å². The van der Waals surface area contributed by atoms with Crippen LogP contribution in [-0.4, -0.2) is 56.7 Å². The van der Waals surface area contributed by atoms with Crippen molar-refractivity contribution in [3.8, 4) is 5.69 Å². The van der Waals surface area contributed by atoms with E-state index < -0.39 is 0 Å². The van der Waals surface area contributed by atoms with Gasteiger partial charge >= 0.3 is 0 Å². The molecular formula is C24H32N6O. The summed E-state index contributed by atoms with van der Waals surface area (Å²) < 4.78 is 1.92. The fourth-order valence-electron chi connectivity index (χ4n) is 4.20. The molecular weight excluding hydrogens is 388 g/mol. The second kappa shape index (κ2) is 9.04. The number of hydrogen-bond donors (Lipinski definition) is 0. The van der Waals surface area contributed by atoms with Gasteiger partial charge in [-0.25, -0.2) is 14.6 Å². The molecule has 0 N–H and O–H groups in total. The maximum Gasteiger partial charge on any atom is 0.222 e. The lowest BCUT2D eigenvalue weighted by molar-refractivity contribution is -0.131. The number of aryl methyl sites for hydroxylation is 2. The van der Waals surface area contributed by atoms with Crippen LogP contribution in [0.2, 0.25) is 0 Å². The Morgan fingerprint density at radius 1 is 1.06 bits per heavy atom. The Kier molecular flexibility index (Phi) is 6.20. The summed E-state index contributed by atoms with van der Waals surface area (Å²) in [5.41, 5.74) is 2.77. The van der Waals surface area contributed by atoms with E-state index in [-0.39, 0.29) is 5.91 Å². The number of benzene rings is 1. The maximum absolute atomic E-state index is 12.6. The average molecular weight is 421 g/mol. The van der Waals surface area contributed by atoms with Crippen LogP contribution in [-0.2, 0) is 11.2 Å². The number of aromatic nitrogens is 4. The standard InChI is InChI=1S/C24H32N6O/c1-5-20-25-23(29-13-9-12-28(14-15-29)21(31)16-17(2)3)22-18(4)27-30(24(22)26-20)19-10-7-6-8-11-19/h6-8,10-11,17H,5,9,12-16H2,1-4H3. The van der Waals surface area contributed by atoms with Crippen LogP contribution < -0.4 is 4.90 Å². The van der Waals surface area contributed by atoms with Crippen LogP contribution in [0.5, 0.6) is 0 Å². The summed E-state index contributed by atoms with van der Waals surface area (Å²) >= 11 is 0. The van der Waals surface area contributed by atoms with E-state index >= 15 is 0 Å². The van der Waals surface area contributed by atoms with Crippen molar-refractivity contribution in [3.63, 3.8) is 0 Å². The molecule has 7 heteroatoms. The minimum atomic E-state index is 0.256. The van der Waals surface area contributed by atoms with Gasteiger partial charge in [0.25, 0.3) is 0 Å². The fraction of sp³-hybridized carbons (Fsp3) is 0.500. The molecule has 0 unspecified atom stereocenters. The first kappa shape index (κ1) is 21.3. The minimum Gasteiger partial charge on any atom is -0.354 e. The second-order valence-electron chi connectivity index (χ2n) is 8.67. The fourth-order valence-corrected chi connectivity index (χ4v) is 4.20. The molecule has 0 radical (unpaired) electrons. The van der Waals surface area contributed by atoms with Crippen molar-refractivity contribution in [1.29, 1.82) is 0 Å². The molecule has 0 spiro atoms. The van der Waals surface area contributed by atoms with Crippen molar-refractivity contribution in [2.75, 3.05) is 31.1 Å². The number of hydrogen-bond acceptors (Lipinski definition) is 5. The van der Waals surface area contributed by atoms with E-state index in [1.807, 2.05) is 46.8 Å². The number of anilines is 1. The van der Waals surface area contributed by atoms with Crippen LogP contribution >= 0.6 is 0 Å². The molecule has 0 bridgehead atoms. The Balaban J connectivity index is 1.71. The first-order chi connectivity index (χ1) is 15.0. The molecule has 0 atom stereocenters. The Morgan fingerprint density at radius 2 is 1.84 bits per heavy atom. The molecule has 4 rings (SSSR count). The number of fused-ring (bicyclic) bond motifs is 1. The van der Waals surface area contributed by atoms with Crippen molar-refractivity contribution in [2.45, 2.75) is 47.0 Å². The first-order valence-electron chi connectivity index (χ1n) is 11.3. The molecule has 1 amide bonds. The maximum atomic E-state index is 12.6. The quantitative estimate of drug-likeness (QED) is 0.629. The highest BCUT2D eigenvalue weighted by atomic mass is 16.2. The number of rotatable bonds is 5. The van der Waals surface area contributed by atoms with Gasteiger partial charge in [0.15, 0.2) is 5.65 Å². The van der Waals surface area contributed by atoms with E-state index in [9.17, 15) is 4.79 Å². The van der Waals surface area contributed by atoms with Crippen molar-refractivity contribution in [1.82, 2.24) is 24.6 Å². The zero-order chi connectivity index (χ0) is 22.0. The third kappa shape index (κ3) is 4.40. The zero-order valence-corrected chi connectivity index (χ0v) is 19.0. The Bertz CT molecular complexity index is 1060. The lowest BCUT2D eigenvalue weighted by Gasteiger charge is -2.24. The highest BCUT2D eigenvalue weighted by Gasteiger charge is 2.25. The summed E-state index contributed by atoms with van der Waals surface area (Å²) in [6, 6.07) is 10.1. The van der Waals surface area contributed by atoms with Gasteiger partial charge in [-0.15, -0.1) is 0 Å². The number of carbonyl (C=O) groups excluding carboxylic acids is 1. The predicted molar refractivity (Wildman–Crippen MR) is 124 cm³/mol. The van der Waals surface area contributed by atoms with E-state index in [2.05, 4.69) is 25.7 Å². The summed E-state index contributed by atoms with van der Waals surface area (Å²) in [6.07, 6.45) is 2.30. The van der Waals surface area contributed by atoms with Gasteiger partial charge in [0.05, 0.1) is 16.8 Å². The Morgan fingerprint density at radius 3 is 2.55 bits per heavy atom. The van der Waals surface area contributed by atoms with Gasteiger partial charge in [0, 0.05) is 39.0 Å². The largest absolute Gasteiger partial charge is 0.354 e. The second-order valence-corrected chi connectivity index (χ2v) is 8.67. The normalized spacial score (nSPS) is 15.0. The molecule has 2 aromatic heterocycles. The van der Waals surface area contributed by atoms with Crippen molar-refractivity contribution >= 4 is 22.8 Å². The van der Waals surface area contributed by atoms with E-state index in [0.29, 0.717) is 12.3 Å². The van der Waals surface area contributed by atoms with Gasteiger partial charge in [0.1, 0.15) is 11.6 Å². The highest BCUT2D eigenvalue weighted by Crippen LogP contribution is 2.29. The van der Waals surface area contributed by atoms with Crippen LogP contribution in [0.3, 0.4) is 0 Å². The molecule has 3 heterocycles. The topological polar surface area (TPSA) is 67.2 Å². The predicted octanol–water partition coefficient (Wildman–Crippen LogP) is 3.77. The minimum absolute atomic E-state index is 0.256. The lowest BCUT2D eigenvalue weighted by atomic mass is 10.1. The average Bonchev–Trinajstić information content (AvgIpc) is 2.94. The molecule has 164 valence electrons. The molecule has 3 aromatic rings. The van der Waals surface area contributed by atoms with Gasteiger partial charge < -0.3 is 9.80 Å². The summed E-state index contributed by atoms with van der Waals surface area (Å²) in [5, 5.41) is 5.82. The number of amides is 1. The molecule has 0 saturated carbocycles. The smallest absolute Gasteiger partial charge is 0.222 e. The molecule has 1 saturated heterocycles. The molecule has 31 heavy (non-hydrogen) atoms. The number of nitrogens with zero attached hydrogens (tertiary/aromatic N) is 6. The molecule has 7 nitrogen and oxygen atoms in total. The van der Waals surface area contributed by atoms with Crippen LogP contribution in [0.1, 0.15) is 45.1 Å². The number of para-hydroxylation sites is 1. The monoisotopic (exact) mass is 420 g/mol. The van der Waals surface area contributed by atoms with Gasteiger partial charge in [-0.2, -0.15) is 5.10 Å². The van der Waals surface area contributed by atoms with E-state index in [4.69, 9.17) is 15.1 Å². The van der Waals surface area contributed by atoms with E-state index in [1.165, 1.54) is 0 Å².